The van der Waals surface area contributed by atoms with Crippen molar-refractivity contribution < 1.29 is 18.3 Å². The van der Waals surface area contributed by atoms with Gasteiger partial charge in [-0.25, -0.2) is 0 Å². The Morgan fingerprint density at radius 3 is 3.00 bits per heavy atom. The van der Waals surface area contributed by atoms with Crippen molar-refractivity contribution in [1.82, 2.24) is 5.32 Å². The Labute approximate surface area is 103 Å². The van der Waals surface area contributed by atoms with Crippen molar-refractivity contribution in [3.05, 3.63) is 24.3 Å². The second-order valence-corrected chi connectivity index (χ2v) is 4.04. The molecule has 4 nitrogen and oxygen atoms in total. The van der Waals surface area contributed by atoms with Gasteiger partial charge in [-0.05, 0) is 31.5 Å². The zero-order valence-corrected chi connectivity index (χ0v) is 9.66. The van der Waals surface area contributed by atoms with Crippen LogP contribution in [0.1, 0.15) is 12.8 Å². The van der Waals surface area contributed by atoms with Crippen LogP contribution >= 0.6 is 0 Å². The lowest BCUT2D eigenvalue weighted by Gasteiger charge is -2.12. The highest BCUT2D eigenvalue weighted by molar-refractivity contribution is 5.95. The van der Waals surface area contributed by atoms with E-state index in [1.54, 1.807) is 12.1 Å². The van der Waals surface area contributed by atoms with Crippen LogP contribution in [-0.2, 0) is 4.79 Å². The van der Waals surface area contributed by atoms with Crippen LogP contribution in [0.2, 0.25) is 0 Å². The maximum atomic E-state index is 12.0. The zero-order valence-electron chi connectivity index (χ0n) is 9.66. The van der Waals surface area contributed by atoms with Gasteiger partial charge in [-0.1, -0.05) is 6.07 Å². The van der Waals surface area contributed by atoms with E-state index in [9.17, 15) is 13.6 Å². The molecular weight excluding hydrogens is 242 g/mol. The van der Waals surface area contributed by atoms with Crippen LogP contribution in [0.5, 0.6) is 5.75 Å². The lowest BCUT2D eigenvalue weighted by molar-refractivity contribution is -0.117. The average molecular weight is 256 g/mol. The molecule has 0 radical (unpaired) electrons. The molecule has 0 bridgehead atoms. The quantitative estimate of drug-likeness (QED) is 0.866. The molecule has 0 aromatic heterocycles. The number of rotatable bonds is 4. The van der Waals surface area contributed by atoms with Crippen molar-refractivity contribution in [2.75, 3.05) is 11.9 Å². The highest BCUT2D eigenvalue weighted by atomic mass is 19.3. The molecule has 1 fully saturated rings. The molecule has 2 N–H and O–H groups in total. The van der Waals surface area contributed by atoms with E-state index >= 15 is 0 Å². The summed E-state index contributed by atoms with van der Waals surface area (Å²) in [6.07, 6.45) is 1.76. The SMILES string of the molecule is O=C(Nc1cccc(OC(F)F)c1)[C@H]1CCCN1. The molecule has 0 unspecified atom stereocenters. The molecule has 1 aromatic carbocycles. The minimum atomic E-state index is -2.87. The Balaban J connectivity index is 1.97. The minimum Gasteiger partial charge on any atom is -0.435 e. The Morgan fingerprint density at radius 1 is 1.50 bits per heavy atom. The van der Waals surface area contributed by atoms with Crippen molar-refractivity contribution in [2.45, 2.75) is 25.5 Å². The zero-order chi connectivity index (χ0) is 13.0. The van der Waals surface area contributed by atoms with Crippen LogP contribution in [0.25, 0.3) is 0 Å². The first-order valence-corrected chi connectivity index (χ1v) is 5.74. The summed E-state index contributed by atoms with van der Waals surface area (Å²) in [5, 5.41) is 5.73. The van der Waals surface area contributed by atoms with Crippen molar-refractivity contribution in [3.63, 3.8) is 0 Å². The third-order valence-corrected chi connectivity index (χ3v) is 2.70. The van der Waals surface area contributed by atoms with Crippen LogP contribution in [0.15, 0.2) is 24.3 Å². The van der Waals surface area contributed by atoms with E-state index in [0.29, 0.717) is 5.69 Å². The molecule has 1 atom stereocenters. The number of hydrogen-bond acceptors (Lipinski definition) is 3. The normalized spacial score (nSPS) is 18.9. The fourth-order valence-corrected chi connectivity index (χ4v) is 1.89. The molecule has 1 amide bonds. The van der Waals surface area contributed by atoms with Crippen LogP contribution in [0.3, 0.4) is 0 Å². The maximum absolute atomic E-state index is 12.0. The Bertz CT molecular complexity index is 420. The fourth-order valence-electron chi connectivity index (χ4n) is 1.89. The molecule has 1 aliphatic rings. The second kappa shape index (κ2) is 5.77. The van der Waals surface area contributed by atoms with Gasteiger partial charge in [0.25, 0.3) is 0 Å². The summed E-state index contributed by atoms with van der Waals surface area (Å²) in [6, 6.07) is 5.76. The highest BCUT2D eigenvalue weighted by Gasteiger charge is 2.21. The molecule has 0 aliphatic carbocycles. The third-order valence-electron chi connectivity index (χ3n) is 2.70. The highest BCUT2D eigenvalue weighted by Crippen LogP contribution is 2.20. The number of anilines is 1. The lowest BCUT2D eigenvalue weighted by Crippen LogP contribution is -2.35. The fraction of sp³-hybridized carbons (Fsp3) is 0.417. The molecule has 0 spiro atoms. The number of alkyl halides is 2. The summed E-state index contributed by atoms with van der Waals surface area (Å²) in [4.78, 5) is 11.8. The third kappa shape index (κ3) is 3.40. The van der Waals surface area contributed by atoms with E-state index in [1.807, 2.05) is 0 Å². The van der Waals surface area contributed by atoms with E-state index in [2.05, 4.69) is 15.4 Å². The predicted molar refractivity (Wildman–Crippen MR) is 62.7 cm³/mol. The monoisotopic (exact) mass is 256 g/mol. The number of amides is 1. The Morgan fingerprint density at radius 2 is 2.33 bits per heavy atom. The van der Waals surface area contributed by atoms with Crippen LogP contribution in [-0.4, -0.2) is 25.1 Å². The first-order chi connectivity index (χ1) is 8.65. The lowest BCUT2D eigenvalue weighted by atomic mass is 10.2. The minimum absolute atomic E-state index is 0.0298. The van der Waals surface area contributed by atoms with E-state index in [1.165, 1.54) is 12.1 Å². The van der Waals surface area contributed by atoms with Gasteiger partial charge >= 0.3 is 6.61 Å². The van der Waals surface area contributed by atoms with E-state index < -0.39 is 6.61 Å². The second-order valence-electron chi connectivity index (χ2n) is 4.04. The standard InChI is InChI=1S/C12H14F2N2O2/c13-12(14)18-9-4-1-3-8(7-9)16-11(17)10-5-2-6-15-10/h1,3-4,7,10,12,15H,2,5-6H2,(H,16,17)/t10-/m1/s1. The smallest absolute Gasteiger partial charge is 0.387 e. The molecule has 1 aliphatic heterocycles. The number of carbonyl (C=O) groups excluding carboxylic acids is 1. The largest absolute Gasteiger partial charge is 0.435 e. The van der Waals surface area contributed by atoms with Crippen molar-refractivity contribution in [1.29, 1.82) is 0 Å². The molecule has 0 saturated carbocycles. The van der Waals surface area contributed by atoms with Gasteiger partial charge in [-0.3, -0.25) is 4.79 Å². The molecule has 1 aromatic rings. The summed E-state index contributed by atoms with van der Waals surface area (Å²) in [5.74, 6) is -0.121. The van der Waals surface area contributed by atoms with Gasteiger partial charge in [0.1, 0.15) is 5.75 Å². The van der Waals surface area contributed by atoms with E-state index in [4.69, 9.17) is 0 Å². The van der Waals surface area contributed by atoms with Crippen molar-refractivity contribution in [2.24, 2.45) is 0 Å². The van der Waals surface area contributed by atoms with Crippen LogP contribution in [0, 0.1) is 0 Å². The maximum Gasteiger partial charge on any atom is 0.387 e. The molecule has 1 saturated heterocycles. The summed E-state index contributed by atoms with van der Waals surface area (Å²) >= 11 is 0. The average Bonchev–Trinajstić information content (AvgIpc) is 2.81. The number of hydrogen-bond donors (Lipinski definition) is 2. The predicted octanol–water partition coefficient (Wildman–Crippen LogP) is 1.98. The first-order valence-electron chi connectivity index (χ1n) is 5.74. The van der Waals surface area contributed by atoms with Gasteiger partial charge < -0.3 is 15.4 Å². The van der Waals surface area contributed by atoms with Gasteiger partial charge in [0.05, 0.1) is 6.04 Å². The Hall–Kier alpha value is -1.69. The summed E-state index contributed by atoms with van der Waals surface area (Å²) < 4.78 is 28.3. The number of carbonyl (C=O) groups is 1. The van der Waals surface area contributed by atoms with Crippen LogP contribution in [0.4, 0.5) is 14.5 Å². The number of ether oxygens (including phenoxy) is 1. The summed E-state index contributed by atoms with van der Waals surface area (Å²) in [5.41, 5.74) is 0.451. The Kier molecular flexibility index (Phi) is 4.09. The van der Waals surface area contributed by atoms with Crippen molar-refractivity contribution in [3.8, 4) is 5.75 Å². The van der Waals surface area contributed by atoms with E-state index in [0.717, 1.165) is 19.4 Å². The molecule has 1 heterocycles. The van der Waals surface area contributed by atoms with Gasteiger partial charge in [-0.15, -0.1) is 0 Å². The number of benzene rings is 1. The van der Waals surface area contributed by atoms with Gasteiger partial charge in [-0.2, -0.15) is 8.78 Å². The molecule has 2 rings (SSSR count). The number of halogens is 2. The van der Waals surface area contributed by atoms with Gasteiger partial charge in [0.2, 0.25) is 5.91 Å². The molecular formula is C12H14F2N2O2. The number of nitrogens with one attached hydrogen (secondary N) is 2. The van der Waals surface area contributed by atoms with Crippen LogP contribution < -0.4 is 15.4 Å². The van der Waals surface area contributed by atoms with Gasteiger partial charge in [0, 0.05) is 11.8 Å². The molecule has 6 heteroatoms. The van der Waals surface area contributed by atoms with Crippen molar-refractivity contribution >= 4 is 11.6 Å². The summed E-state index contributed by atoms with van der Waals surface area (Å²) in [6.45, 7) is -2.04. The topological polar surface area (TPSA) is 50.4 Å². The first kappa shape index (κ1) is 12.8. The van der Waals surface area contributed by atoms with E-state index in [-0.39, 0.29) is 17.7 Å². The van der Waals surface area contributed by atoms with Gasteiger partial charge in [0.15, 0.2) is 0 Å². The molecule has 18 heavy (non-hydrogen) atoms. The molecule has 98 valence electrons. The summed E-state index contributed by atoms with van der Waals surface area (Å²) in [7, 11) is 0.